The summed E-state index contributed by atoms with van der Waals surface area (Å²) in [6.07, 6.45) is 5.28. The summed E-state index contributed by atoms with van der Waals surface area (Å²) >= 11 is 1.53. The second-order valence-electron chi connectivity index (χ2n) is 3.75. The molecule has 0 bridgehead atoms. The van der Waals surface area contributed by atoms with Gasteiger partial charge < -0.3 is 5.32 Å². The molecule has 7 heteroatoms. The third-order valence-electron chi connectivity index (χ3n) is 2.41. The normalized spacial score (nSPS) is 10.8. The number of carbonyl (C=O) groups excluding carboxylic acids is 1. The highest BCUT2D eigenvalue weighted by atomic mass is 32.2. The molecule has 0 saturated heterocycles. The molecule has 0 aromatic carbocycles. The highest BCUT2D eigenvalue weighted by molar-refractivity contribution is 7.96. The molecule has 2 heterocycles. The average molecular weight is 265 g/mol. The summed E-state index contributed by atoms with van der Waals surface area (Å²) in [6, 6.07) is 1.85. The molecule has 96 valence electrons. The predicted molar refractivity (Wildman–Crippen MR) is 71.6 cm³/mol. The maximum Gasteiger partial charge on any atom is 0.256 e. The molecule has 0 unspecified atom stereocenters. The van der Waals surface area contributed by atoms with Crippen LogP contribution in [0.5, 0.6) is 0 Å². The Balaban J connectivity index is 2.10. The number of carbonyl (C=O) groups is 1. The summed E-state index contributed by atoms with van der Waals surface area (Å²) in [7, 11) is 0. The summed E-state index contributed by atoms with van der Waals surface area (Å²) in [5.74, 6) is -0.147. The highest BCUT2D eigenvalue weighted by Gasteiger charge is 2.13. The molecule has 0 aliphatic heterocycles. The molecule has 0 atom stereocenters. The monoisotopic (exact) mass is 265 g/mol. The first-order chi connectivity index (χ1) is 8.72. The van der Waals surface area contributed by atoms with Gasteiger partial charge in [-0.1, -0.05) is 11.9 Å². The average Bonchev–Trinajstić information content (AvgIpc) is 2.77. The lowest BCUT2D eigenvalue weighted by molar-refractivity contribution is 0.0956. The number of rotatable bonds is 5. The van der Waals surface area contributed by atoms with Gasteiger partial charge in [-0.05, 0) is 19.2 Å². The van der Waals surface area contributed by atoms with E-state index in [2.05, 4.69) is 20.1 Å². The lowest BCUT2D eigenvalue weighted by atomic mass is 10.3. The number of hydrogen-bond acceptors (Lipinski definition) is 5. The van der Waals surface area contributed by atoms with E-state index in [0.717, 1.165) is 12.2 Å². The van der Waals surface area contributed by atoms with Gasteiger partial charge in [0.1, 0.15) is 5.56 Å². The Morgan fingerprint density at radius 1 is 1.50 bits per heavy atom. The lowest BCUT2D eigenvalue weighted by Gasteiger charge is -2.03. The molecule has 2 rings (SSSR count). The molecular weight excluding hydrogens is 250 g/mol. The van der Waals surface area contributed by atoms with Crippen LogP contribution >= 0.6 is 11.9 Å². The zero-order chi connectivity index (χ0) is 13.0. The van der Waals surface area contributed by atoms with E-state index >= 15 is 0 Å². The Hall–Kier alpha value is -1.60. The van der Waals surface area contributed by atoms with Gasteiger partial charge in [0.05, 0.1) is 6.20 Å². The van der Waals surface area contributed by atoms with Crippen molar-refractivity contribution in [2.45, 2.75) is 6.92 Å². The van der Waals surface area contributed by atoms with E-state index in [1.54, 1.807) is 16.9 Å². The van der Waals surface area contributed by atoms with Crippen LogP contribution in [0.2, 0.25) is 0 Å². The van der Waals surface area contributed by atoms with Gasteiger partial charge >= 0.3 is 0 Å². The van der Waals surface area contributed by atoms with E-state index in [9.17, 15) is 4.79 Å². The third kappa shape index (κ3) is 2.80. The number of aromatic nitrogens is 3. The van der Waals surface area contributed by atoms with Crippen LogP contribution in [0.15, 0.2) is 18.5 Å². The quantitative estimate of drug-likeness (QED) is 0.613. The third-order valence-corrected chi connectivity index (χ3v) is 2.90. The zero-order valence-electron chi connectivity index (χ0n) is 10.3. The van der Waals surface area contributed by atoms with Crippen LogP contribution in [0, 0.1) is 6.92 Å². The molecule has 2 aromatic heterocycles. The fourth-order valence-electron chi connectivity index (χ4n) is 1.54. The molecule has 0 aliphatic rings. The summed E-state index contributed by atoms with van der Waals surface area (Å²) in [6.45, 7) is 3.18. The van der Waals surface area contributed by atoms with Crippen molar-refractivity contribution < 1.29 is 4.79 Å². The van der Waals surface area contributed by atoms with Crippen LogP contribution in [0.3, 0.4) is 0 Å². The van der Waals surface area contributed by atoms with Gasteiger partial charge in [0.15, 0.2) is 5.65 Å². The maximum absolute atomic E-state index is 12.0. The summed E-state index contributed by atoms with van der Waals surface area (Å²) in [5.41, 5.74) is 1.95. The van der Waals surface area contributed by atoms with Crippen molar-refractivity contribution in [2.75, 3.05) is 19.3 Å². The molecule has 0 fully saturated rings. The fourth-order valence-corrected chi connectivity index (χ4v) is 1.85. The van der Waals surface area contributed by atoms with E-state index in [0.29, 0.717) is 17.8 Å². The Labute approximate surface area is 109 Å². The first-order valence-electron chi connectivity index (χ1n) is 5.57. The zero-order valence-corrected chi connectivity index (χ0v) is 11.1. The smallest absolute Gasteiger partial charge is 0.256 e. The number of nitrogens with zero attached hydrogens (tertiary/aromatic N) is 3. The van der Waals surface area contributed by atoms with Crippen molar-refractivity contribution in [1.29, 1.82) is 0 Å². The molecular formula is C11H15N5OS. The predicted octanol–water partition coefficient (Wildman–Crippen LogP) is 0.635. The number of nitrogens with one attached hydrogen (secondary N) is 2. The Bertz CT molecular complexity index is 553. The van der Waals surface area contributed by atoms with Crippen molar-refractivity contribution >= 4 is 23.5 Å². The van der Waals surface area contributed by atoms with Gasteiger partial charge in [0.25, 0.3) is 5.91 Å². The van der Waals surface area contributed by atoms with Gasteiger partial charge in [0.2, 0.25) is 0 Å². The number of aryl methyl sites for hydroxylation is 1. The van der Waals surface area contributed by atoms with Gasteiger partial charge in [-0.25, -0.2) is 9.50 Å². The lowest BCUT2D eigenvalue weighted by Crippen LogP contribution is -2.29. The minimum absolute atomic E-state index is 0.147. The molecule has 18 heavy (non-hydrogen) atoms. The Morgan fingerprint density at radius 3 is 3.11 bits per heavy atom. The van der Waals surface area contributed by atoms with E-state index < -0.39 is 0 Å². The number of fused-ring (bicyclic) bond motifs is 1. The van der Waals surface area contributed by atoms with Crippen LogP contribution in [-0.4, -0.2) is 39.9 Å². The molecule has 0 aliphatic carbocycles. The largest absolute Gasteiger partial charge is 0.351 e. The maximum atomic E-state index is 12.0. The van der Waals surface area contributed by atoms with Crippen molar-refractivity contribution in [3.05, 3.63) is 29.7 Å². The van der Waals surface area contributed by atoms with Crippen LogP contribution in [0.25, 0.3) is 5.65 Å². The van der Waals surface area contributed by atoms with E-state index in [1.165, 1.54) is 11.9 Å². The van der Waals surface area contributed by atoms with Crippen LogP contribution < -0.4 is 10.0 Å². The Morgan fingerprint density at radius 2 is 2.33 bits per heavy atom. The topological polar surface area (TPSA) is 71.3 Å². The standard InChI is InChI=1S/C11H15N5OS/c1-8-3-6-16-10(15-8)9(7-13-16)11(17)12-4-5-14-18-2/h3,6-7,14H,4-5H2,1-2H3,(H,12,17). The van der Waals surface area contributed by atoms with Gasteiger partial charge in [-0.15, -0.1) is 0 Å². The number of hydrogen-bond donors (Lipinski definition) is 2. The van der Waals surface area contributed by atoms with Crippen LogP contribution in [0.1, 0.15) is 16.1 Å². The highest BCUT2D eigenvalue weighted by Crippen LogP contribution is 2.08. The van der Waals surface area contributed by atoms with E-state index in [-0.39, 0.29) is 5.91 Å². The fraction of sp³-hybridized carbons (Fsp3) is 0.364. The second kappa shape index (κ2) is 5.83. The minimum Gasteiger partial charge on any atom is -0.351 e. The molecule has 0 saturated carbocycles. The summed E-state index contributed by atoms with van der Waals surface area (Å²) in [4.78, 5) is 16.3. The van der Waals surface area contributed by atoms with E-state index in [1.807, 2.05) is 19.2 Å². The molecule has 2 N–H and O–H groups in total. The van der Waals surface area contributed by atoms with Gasteiger partial charge in [0, 0.05) is 25.0 Å². The molecule has 0 radical (unpaired) electrons. The number of amides is 1. The first-order valence-corrected chi connectivity index (χ1v) is 6.80. The second-order valence-corrected chi connectivity index (χ2v) is 4.45. The summed E-state index contributed by atoms with van der Waals surface area (Å²) < 4.78 is 4.66. The Kier molecular flexibility index (Phi) is 4.16. The van der Waals surface area contributed by atoms with Crippen molar-refractivity contribution in [1.82, 2.24) is 24.6 Å². The molecule has 2 aromatic rings. The SMILES string of the molecule is CSNCCNC(=O)c1cnn2ccc(C)nc12. The first kappa shape index (κ1) is 12.8. The molecule has 0 spiro atoms. The molecule has 6 nitrogen and oxygen atoms in total. The van der Waals surface area contributed by atoms with Crippen molar-refractivity contribution in [3.63, 3.8) is 0 Å². The van der Waals surface area contributed by atoms with Gasteiger partial charge in [-0.3, -0.25) is 9.52 Å². The van der Waals surface area contributed by atoms with E-state index in [4.69, 9.17) is 0 Å². The van der Waals surface area contributed by atoms with Crippen molar-refractivity contribution in [3.8, 4) is 0 Å². The molecule has 1 amide bonds. The van der Waals surface area contributed by atoms with Gasteiger partial charge in [-0.2, -0.15) is 5.10 Å². The summed E-state index contributed by atoms with van der Waals surface area (Å²) in [5, 5.41) is 6.92. The van der Waals surface area contributed by atoms with Crippen LogP contribution in [0.4, 0.5) is 0 Å². The van der Waals surface area contributed by atoms with Crippen LogP contribution in [-0.2, 0) is 0 Å². The van der Waals surface area contributed by atoms with Crippen molar-refractivity contribution in [2.24, 2.45) is 0 Å². The minimum atomic E-state index is -0.147.